The molecule has 0 spiro atoms. The van der Waals surface area contributed by atoms with Crippen LogP contribution in [0.5, 0.6) is 5.75 Å². The highest BCUT2D eigenvalue weighted by atomic mass is 127. The maximum absolute atomic E-state index is 5.86. The molecule has 5 nitrogen and oxygen atoms in total. The minimum Gasteiger partial charge on any atom is -0.497 e. The Labute approximate surface area is 143 Å². The van der Waals surface area contributed by atoms with Crippen molar-refractivity contribution in [1.29, 1.82) is 0 Å². The zero-order valence-electron chi connectivity index (χ0n) is 12.4. The normalized spacial score (nSPS) is 18.7. The van der Waals surface area contributed by atoms with Crippen molar-refractivity contribution in [3.63, 3.8) is 0 Å². The van der Waals surface area contributed by atoms with Crippen LogP contribution in [0.2, 0.25) is 0 Å². The van der Waals surface area contributed by atoms with Crippen LogP contribution in [0.4, 0.5) is 5.69 Å². The van der Waals surface area contributed by atoms with Gasteiger partial charge >= 0.3 is 0 Å². The minimum absolute atomic E-state index is 0. The molecule has 0 aliphatic carbocycles. The smallest absolute Gasteiger partial charge is 0.193 e. The van der Waals surface area contributed by atoms with Gasteiger partial charge in [0, 0.05) is 18.8 Å². The second-order valence-electron chi connectivity index (χ2n) is 4.90. The molecular formula is C15H24IN3O2. The number of benzene rings is 1. The third-order valence-corrected chi connectivity index (χ3v) is 3.37. The van der Waals surface area contributed by atoms with Crippen molar-refractivity contribution in [2.24, 2.45) is 10.7 Å². The number of aliphatic imine (C=N–C) groups is 1. The largest absolute Gasteiger partial charge is 0.497 e. The molecule has 6 heteroatoms. The third kappa shape index (κ3) is 6.52. The Morgan fingerprint density at radius 3 is 2.76 bits per heavy atom. The Bertz CT molecular complexity index is 431. The first kappa shape index (κ1) is 18.0. The van der Waals surface area contributed by atoms with E-state index in [1.165, 1.54) is 12.8 Å². The molecule has 1 aliphatic heterocycles. The number of hydrogen-bond acceptors (Lipinski definition) is 3. The molecule has 1 saturated heterocycles. The van der Waals surface area contributed by atoms with Gasteiger partial charge in [0.2, 0.25) is 0 Å². The Hall–Kier alpha value is -1.02. The van der Waals surface area contributed by atoms with E-state index in [9.17, 15) is 0 Å². The van der Waals surface area contributed by atoms with E-state index in [-0.39, 0.29) is 24.0 Å². The number of anilines is 1. The zero-order valence-corrected chi connectivity index (χ0v) is 14.7. The number of nitrogens with two attached hydrogens (primary N) is 1. The first-order chi connectivity index (χ1) is 9.78. The number of rotatable bonds is 5. The number of nitrogens with zero attached hydrogens (tertiary/aromatic N) is 1. The maximum atomic E-state index is 5.86. The summed E-state index contributed by atoms with van der Waals surface area (Å²) in [7, 11) is 1.64. The number of nitrogens with one attached hydrogen (secondary N) is 1. The van der Waals surface area contributed by atoms with Gasteiger partial charge in [0.05, 0.1) is 13.2 Å². The molecule has 3 N–H and O–H groups in total. The molecule has 1 aromatic rings. The van der Waals surface area contributed by atoms with Crippen molar-refractivity contribution in [3.8, 4) is 5.75 Å². The number of methoxy groups -OCH3 is 1. The van der Waals surface area contributed by atoms with Gasteiger partial charge in [-0.2, -0.15) is 0 Å². The highest BCUT2D eigenvalue weighted by Crippen LogP contribution is 2.16. The van der Waals surface area contributed by atoms with Crippen LogP contribution in [0, 0.1) is 0 Å². The fourth-order valence-corrected chi connectivity index (χ4v) is 2.23. The average molecular weight is 405 g/mol. The number of guanidine groups is 1. The summed E-state index contributed by atoms with van der Waals surface area (Å²) in [4.78, 5) is 4.33. The van der Waals surface area contributed by atoms with Crippen LogP contribution in [-0.2, 0) is 4.74 Å². The van der Waals surface area contributed by atoms with E-state index in [1.54, 1.807) is 7.11 Å². The van der Waals surface area contributed by atoms with E-state index in [2.05, 4.69) is 10.3 Å². The van der Waals surface area contributed by atoms with Gasteiger partial charge in [-0.15, -0.1) is 24.0 Å². The average Bonchev–Trinajstić information content (AvgIpc) is 2.49. The van der Waals surface area contributed by atoms with Crippen molar-refractivity contribution in [2.75, 3.05) is 25.6 Å². The Kier molecular flexibility index (Phi) is 8.44. The van der Waals surface area contributed by atoms with Crippen LogP contribution < -0.4 is 15.8 Å². The minimum atomic E-state index is 0. The highest BCUT2D eigenvalue weighted by molar-refractivity contribution is 14.0. The van der Waals surface area contributed by atoms with Crippen LogP contribution in [0.3, 0.4) is 0 Å². The van der Waals surface area contributed by atoms with E-state index < -0.39 is 0 Å². The van der Waals surface area contributed by atoms with E-state index in [4.69, 9.17) is 15.2 Å². The van der Waals surface area contributed by atoms with Gasteiger partial charge in [-0.05, 0) is 49.9 Å². The summed E-state index contributed by atoms with van der Waals surface area (Å²) in [6.07, 6.45) is 4.86. The van der Waals surface area contributed by atoms with Crippen molar-refractivity contribution >= 4 is 35.6 Å². The van der Waals surface area contributed by atoms with Crippen LogP contribution in [0.1, 0.15) is 25.7 Å². The second kappa shape index (κ2) is 9.83. The number of hydrogen-bond donors (Lipinski definition) is 2. The lowest BCUT2D eigenvalue weighted by atomic mass is 10.1. The third-order valence-electron chi connectivity index (χ3n) is 3.37. The van der Waals surface area contributed by atoms with E-state index in [1.807, 2.05) is 24.3 Å². The highest BCUT2D eigenvalue weighted by Gasteiger charge is 2.12. The van der Waals surface area contributed by atoms with E-state index >= 15 is 0 Å². The molecule has 1 heterocycles. The molecule has 0 amide bonds. The van der Waals surface area contributed by atoms with Gasteiger partial charge in [-0.3, -0.25) is 4.99 Å². The molecule has 21 heavy (non-hydrogen) atoms. The fraction of sp³-hybridized carbons (Fsp3) is 0.533. The molecule has 1 unspecified atom stereocenters. The topological polar surface area (TPSA) is 68.9 Å². The van der Waals surface area contributed by atoms with Crippen LogP contribution >= 0.6 is 24.0 Å². The number of halogens is 1. The lowest BCUT2D eigenvalue weighted by Gasteiger charge is -2.21. The summed E-state index contributed by atoms with van der Waals surface area (Å²) >= 11 is 0. The predicted molar refractivity (Wildman–Crippen MR) is 96.7 cm³/mol. The SMILES string of the molecule is COc1ccc(NC(N)=NCCC2CCCCO2)cc1.I. The number of ether oxygens (including phenoxy) is 2. The van der Waals surface area contributed by atoms with Crippen LogP contribution in [0.25, 0.3) is 0 Å². The molecule has 1 atom stereocenters. The predicted octanol–water partition coefficient (Wildman–Crippen LogP) is 3.00. The van der Waals surface area contributed by atoms with Gasteiger partial charge in [0.1, 0.15) is 5.75 Å². The summed E-state index contributed by atoms with van der Waals surface area (Å²) in [6.45, 7) is 1.58. The lowest BCUT2D eigenvalue weighted by Crippen LogP contribution is -2.24. The van der Waals surface area contributed by atoms with Gasteiger partial charge in [-0.25, -0.2) is 0 Å². The van der Waals surface area contributed by atoms with Crippen molar-refractivity contribution in [3.05, 3.63) is 24.3 Å². The lowest BCUT2D eigenvalue weighted by molar-refractivity contribution is 0.0129. The molecule has 2 rings (SSSR count). The van der Waals surface area contributed by atoms with Gasteiger partial charge in [-0.1, -0.05) is 0 Å². The van der Waals surface area contributed by atoms with Gasteiger partial charge < -0.3 is 20.5 Å². The Morgan fingerprint density at radius 1 is 1.38 bits per heavy atom. The Morgan fingerprint density at radius 2 is 2.14 bits per heavy atom. The molecular weight excluding hydrogens is 381 g/mol. The molecule has 0 aromatic heterocycles. The second-order valence-corrected chi connectivity index (χ2v) is 4.90. The molecule has 1 fully saturated rings. The summed E-state index contributed by atoms with van der Waals surface area (Å²) in [5.74, 6) is 1.26. The standard InChI is InChI=1S/C15H23N3O2.HI/c1-19-13-7-5-12(6-8-13)18-15(16)17-10-9-14-4-2-3-11-20-14;/h5-8,14H,2-4,9-11H2,1H3,(H3,16,17,18);1H. The maximum Gasteiger partial charge on any atom is 0.193 e. The Balaban J connectivity index is 0.00000220. The summed E-state index contributed by atoms with van der Waals surface area (Å²) < 4.78 is 10.8. The zero-order chi connectivity index (χ0) is 14.2. The molecule has 1 aromatic carbocycles. The molecule has 0 radical (unpaired) electrons. The van der Waals surface area contributed by atoms with Crippen molar-refractivity contribution < 1.29 is 9.47 Å². The molecule has 0 bridgehead atoms. The fourth-order valence-electron chi connectivity index (χ4n) is 2.23. The monoisotopic (exact) mass is 405 g/mol. The molecule has 0 saturated carbocycles. The summed E-state index contributed by atoms with van der Waals surface area (Å²) in [5.41, 5.74) is 6.76. The summed E-state index contributed by atoms with van der Waals surface area (Å²) in [5, 5.41) is 3.06. The summed E-state index contributed by atoms with van der Waals surface area (Å²) in [6, 6.07) is 7.58. The molecule has 1 aliphatic rings. The van der Waals surface area contributed by atoms with Gasteiger partial charge in [0.15, 0.2) is 5.96 Å². The quantitative estimate of drug-likeness (QED) is 0.449. The molecule has 118 valence electrons. The first-order valence-corrected chi connectivity index (χ1v) is 7.10. The van der Waals surface area contributed by atoms with Crippen molar-refractivity contribution in [2.45, 2.75) is 31.8 Å². The van der Waals surface area contributed by atoms with Crippen molar-refractivity contribution in [1.82, 2.24) is 0 Å². The van der Waals surface area contributed by atoms with Crippen LogP contribution in [-0.4, -0.2) is 32.3 Å². The van der Waals surface area contributed by atoms with Crippen LogP contribution in [0.15, 0.2) is 29.3 Å². The first-order valence-electron chi connectivity index (χ1n) is 7.10. The van der Waals surface area contributed by atoms with E-state index in [0.29, 0.717) is 18.6 Å². The van der Waals surface area contributed by atoms with Gasteiger partial charge in [0.25, 0.3) is 0 Å². The van der Waals surface area contributed by atoms with E-state index in [0.717, 1.165) is 30.9 Å².